The first-order valence-corrected chi connectivity index (χ1v) is 11.1. The molecule has 12 heteroatoms. The first-order valence-electron chi connectivity index (χ1n) is 11.1. The molecule has 0 bridgehead atoms. The summed E-state index contributed by atoms with van der Waals surface area (Å²) in [7, 11) is 1.70. The number of rotatable bonds is 8. The zero-order valence-electron chi connectivity index (χ0n) is 19.5. The number of unbranched alkanes of at least 4 members (excludes halogenated alkanes) is 1. The molecular formula is C22H26N8O4. The zero-order valence-corrected chi connectivity index (χ0v) is 19.5. The Morgan fingerprint density at radius 3 is 2.76 bits per heavy atom. The third-order valence-corrected chi connectivity index (χ3v) is 5.28. The van der Waals surface area contributed by atoms with Crippen LogP contribution >= 0.6 is 0 Å². The lowest BCUT2D eigenvalue weighted by atomic mass is 10.1. The van der Waals surface area contributed by atoms with Crippen LogP contribution in [0.4, 0.5) is 0 Å². The van der Waals surface area contributed by atoms with Gasteiger partial charge in [-0.1, -0.05) is 25.5 Å². The molecular weight excluding hydrogens is 440 g/mol. The number of aromatic nitrogens is 8. The van der Waals surface area contributed by atoms with E-state index in [0.717, 1.165) is 12.8 Å². The number of nitrogens with zero attached hydrogens (tertiary/aromatic N) is 7. The maximum atomic E-state index is 12.4. The maximum Gasteiger partial charge on any atom is 0.338 e. The number of ether oxygens (including phenoxy) is 1. The van der Waals surface area contributed by atoms with Gasteiger partial charge < -0.3 is 9.30 Å². The van der Waals surface area contributed by atoms with Gasteiger partial charge in [0.15, 0.2) is 11.2 Å². The van der Waals surface area contributed by atoms with Crippen molar-refractivity contribution in [2.24, 2.45) is 7.05 Å². The molecule has 178 valence electrons. The van der Waals surface area contributed by atoms with Crippen molar-refractivity contribution in [3.63, 3.8) is 0 Å². The molecule has 12 nitrogen and oxygen atoms in total. The van der Waals surface area contributed by atoms with E-state index in [9.17, 15) is 14.4 Å². The molecule has 0 radical (unpaired) electrons. The second-order valence-corrected chi connectivity index (χ2v) is 8.20. The summed E-state index contributed by atoms with van der Waals surface area (Å²) in [5.74, 6) is 0.397. The Hall–Kier alpha value is -4.09. The molecule has 0 fully saturated rings. The Kier molecular flexibility index (Phi) is 6.39. The van der Waals surface area contributed by atoms with Crippen LogP contribution in [0.3, 0.4) is 0 Å². The summed E-state index contributed by atoms with van der Waals surface area (Å²) < 4.78 is 8.35. The topological polar surface area (TPSA) is 143 Å². The average molecular weight is 467 g/mol. The highest BCUT2D eigenvalue weighted by Crippen LogP contribution is 2.17. The number of fused-ring (bicyclic) bond motifs is 1. The highest BCUT2D eigenvalue weighted by atomic mass is 16.5. The van der Waals surface area contributed by atoms with E-state index >= 15 is 0 Å². The Balaban J connectivity index is 1.64. The van der Waals surface area contributed by atoms with Gasteiger partial charge in [0.2, 0.25) is 5.82 Å². The molecule has 1 N–H and O–H groups in total. The van der Waals surface area contributed by atoms with Gasteiger partial charge in [0, 0.05) is 19.2 Å². The van der Waals surface area contributed by atoms with E-state index in [4.69, 9.17) is 4.74 Å². The molecule has 0 aliphatic carbocycles. The molecule has 0 unspecified atom stereocenters. The van der Waals surface area contributed by atoms with E-state index in [0.29, 0.717) is 40.5 Å². The Bertz CT molecular complexity index is 1460. The SMILES string of the molecule is CCCCn1c(=O)[nH]c(=O)c2c1nc(Cn1nnc(-c3cccc(C(=O)OC(C)C)c3)n1)n2C. The monoisotopic (exact) mass is 466 g/mol. The minimum atomic E-state index is -0.494. The van der Waals surface area contributed by atoms with E-state index in [1.807, 2.05) is 6.92 Å². The minimum Gasteiger partial charge on any atom is -0.459 e. The summed E-state index contributed by atoms with van der Waals surface area (Å²) in [6.45, 7) is 6.18. The normalized spacial score (nSPS) is 11.4. The van der Waals surface area contributed by atoms with Crippen molar-refractivity contribution in [3.8, 4) is 11.4 Å². The largest absolute Gasteiger partial charge is 0.459 e. The van der Waals surface area contributed by atoms with Crippen LogP contribution in [0.1, 0.15) is 49.8 Å². The van der Waals surface area contributed by atoms with Crippen LogP contribution in [0, 0.1) is 0 Å². The van der Waals surface area contributed by atoms with Crippen molar-refractivity contribution in [1.82, 2.24) is 39.3 Å². The molecule has 4 aromatic rings. The number of carbonyl (C=O) groups excluding carboxylic acids is 1. The smallest absolute Gasteiger partial charge is 0.338 e. The number of aryl methyl sites for hydroxylation is 2. The van der Waals surface area contributed by atoms with Gasteiger partial charge in [-0.3, -0.25) is 14.3 Å². The standard InChI is InChI=1S/C22H26N8O4/c1-5-6-10-29-19-17(20(31)24-22(29)33)28(4)16(23-19)12-30-26-18(25-27-30)14-8-7-9-15(11-14)21(32)34-13(2)3/h7-9,11,13H,5-6,10,12H2,1-4H3,(H,24,31,33). The Morgan fingerprint density at radius 1 is 1.24 bits per heavy atom. The molecule has 3 heterocycles. The first-order chi connectivity index (χ1) is 16.3. The van der Waals surface area contributed by atoms with E-state index in [1.165, 1.54) is 9.36 Å². The van der Waals surface area contributed by atoms with Gasteiger partial charge in [-0.2, -0.15) is 4.80 Å². The van der Waals surface area contributed by atoms with Gasteiger partial charge >= 0.3 is 11.7 Å². The van der Waals surface area contributed by atoms with Gasteiger partial charge in [-0.15, -0.1) is 10.2 Å². The zero-order chi connectivity index (χ0) is 24.4. The molecule has 0 aliphatic rings. The van der Waals surface area contributed by atoms with Crippen molar-refractivity contribution in [2.45, 2.75) is 52.8 Å². The summed E-state index contributed by atoms with van der Waals surface area (Å²) in [6.07, 6.45) is 1.45. The summed E-state index contributed by atoms with van der Waals surface area (Å²) in [5.41, 5.74) is 0.666. The number of esters is 1. The predicted octanol–water partition coefficient (Wildman–Crippen LogP) is 1.49. The molecule has 0 amide bonds. The third kappa shape index (κ3) is 4.51. The van der Waals surface area contributed by atoms with Gasteiger partial charge in [0.1, 0.15) is 12.4 Å². The molecule has 0 saturated heterocycles. The molecule has 0 spiro atoms. The fourth-order valence-electron chi connectivity index (χ4n) is 3.58. The number of carbonyl (C=O) groups is 1. The second-order valence-electron chi connectivity index (χ2n) is 8.20. The lowest BCUT2D eigenvalue weighted by Gasteiger charge is -2.08. The molecule has 3 aromatic heterocycles. The van der Waals surface area contributed by atoms with Gasteiger partial charge in [0.05, 0.1) is 11.7 Å². The lowest BCUT2D eigenvalue weighted by molar-refractivity contribution is 0.0378. The molecule has 0 atom stereocenters. The lowest BCUT2D eigenvalue weighted by Crippen LogP contribution is -2.31. The van der Waals surface area contributed by atoms with E-state index < -0.39 is 17.2 Å². The van der Waals surface area contributed by atoms with E-state index in [1.54, 1.807) is 49.7 Å². The molecule has 1 aromatic carbocycles. The number of hydrogen-bond donors (Lipinski definition) is 1. The molecule has 4 rings (SSSR count). The van der Waals surface area contributed by atoms with E-state index in [2.05, 4.69) is 25.4 Å². The molecule has 34 heavy (non-hydrogen) atoms. The van der Waals surface area contributed by atoms with Crippen molar-refractivity contribution >= 4 is 17.1 Å². The van der Waals surface area contributed by atoms with Crippen LogP contribution in [0.2, 0.25) is 0 Å². The number of aromatic amines is 1. The van der Waals surface area contributed by atoms with Crippen LogP contribution < -0.4 is 11.2 Å². The number of hydrogen-bond acceptors (Lipinski definition) is 8. The average Bonchev–Trinajstić information content (AvgIpc) is 3.38. The fraction of sp³-hybridized carbons (Fsp3) is 0.409. The molecule has 0 saturated carbocycles. The van der Waals surface area contributed by atoms with Crippen LogP contribution in [0.15, 0.2) is 33.9 Å². The number of nitrogens with one attached hydrogen (secondary N) is 1. The van der Waals surface area contributed by atoms with Gasteiger partial charge in [0.25, 0.3) is 5.56 Å². The number of benzene rings is 1. The van der Waals surface area contributed by atoms with Crippen LogP contribution in [-0.2, 0) is 24.9 Å². The maximum absolute atomic E-state index is 12.4. The number of imidazole rings is 1. The summed E-state index contributed by atoms with van der Waals surface area (Å²) in [5, 5.41) is 12.6. The van der Waals surface area contributed by atoms with E-state index in [-0.39, 0.29) is 12.6 Å². The second kappa shape index (κ2) is 9.41. The van der Waals surface area contributed by atoms with Crippen LogP contribution in [0.25, 0.3) is 22.6 Å². The fourth-order valence-corrected chi connectivity index (χ4v) is 3.58. The van der Waals surface area contributed by atoms with Crippen molar-refractivity contribution in [3.05, 3.63) is 56.5 Å². The molecule has 0 aliphatic heterocycles. The quantitative estimate of drug-likeness (QED) is 0.385. The highest BCUT2D eigenvalue weighted by molar-refractivity contribution is 5.90. The summed E-state index contributed by atoms with van der Waals surface area (Å²) in [4.78, 5) is 45.2. The van der Waals surface area contributed by atoms with Crippen LogP contribution in [-0.4, -0.2) is 51.4 Å². The summed E-state index contributed by atoms with van der Waals surface area (Å²) >= 11 is 0. The summed E-state index contributed by atoms with van der Waals surface area (Å²) in [6, 6.07) is 6.80. The number of tetrazole rings is 1. The van der Waals surface area contributed by atoms with Gasteiger partial charge in [-0.25, -0.2) is 14.6 Å². The Morgan fingerprint density at radius 2 is 2.03 bits per heavy atom. The number of H-pyrrole nitrogens is 1. The Labute approximate surface area is 194 Å². The predicted molar refractivity (Wildman–Crippen MR) is 123 cm³/mol. The first kappa shape index (κ1) is 23.1. The van der Waals surface area contributed by atoms with Crippen LogP contribution in [0.5, 0.6) is 0 Å². The van der Waals surface area contributed by atoms with Crippen molar-refractivity contribution < 1.29 is 9.53 Å². The highest BCUT2D eigenvalue weighted by Gasteiger charge is 2.18. The van der Waals surface area contributed by atoms with Crippen molar-refractivity contribution in [1.29, 1.82) is 0 Å². The minimum absolute atomic E-state index is 0.134. The third-order valence-electron chi connectivity index (χ3n) is 5.28. The van der Waals surface area contributed by atoms with Gasteiger partial charge in [-0.05, 0) is 37.6 Å². The van der Waals surface area contributed by atoms with Crippen molar-refractivity contribution in [2.75, 3.05) is 0 Å².